The number of nitrogens with zero attached hydrogens (tertiary/aromatic N) is 2. The Balaban J connectivity index is 1.73. The van der Waals surface area contributed by atoms with E-state index in [1.54, 1.807) is 7.11 Å². The number of fused-ring (bicyclic) bond motifs is 4. The van der Waals surface area contributed by atoms with Crippen LogP contribution in [0.4, 0.5) is 0 Å². The second-order valence-corrected chi connectivity index (χ2v) is 7.54. The van der Waals surface area contributed by atoms with Crippen molar-refractivity contribution >= 4 is 10.9 Å². The molecule has 5 atom stereocenters. The van der Waals surface area contributed by atoms with Crippen LogP contribution in [0.25, 0.3) is 10.9 Å². The lowest BCUT2D eigenvalue weighted by Gasteiger charge is -2.51. The van der Waals surface area contributed by atoms with Crippen molar-refractivity contribution in [2.24, 2.45) is 11.8 Å². The molecule has 2 bridgehead atoms. The molecule has 1 N–H and O–H groups in total. The monoisotopic (exact) mass is 368 g/mol. The van der Waals surface area contributed by atoms with E-state index < -0.39 is 0 Å². The fourth-order valence-corrected chi connectivity index (χ4v) is 4.80. The SMILES string of the molecule is C=C[C@H]1CN2CC[C@H]1C[C@H]2[C@H](OCCO)c1ccnc2ccc(OC)cc12. The summed E-state index contributed by atoms with van der Waals surface area (Å²) in [5.41, 5.74) is 2.06. The summed E-state index contributed by atoms with van der Waals surface area (Å²) in [4.78, 5) is 7.05. The lowest BCUT2D eigenvalue weighted by Crippen LogP contribution is -2.55. The number of benzene rings is 1. The van der Waals surface area contributed by atoms with E-state index in [1.807, 2.05) is 24.4 Å². The number of pyridine rings is 1. The van der Waals surface area contributed by atoms with Gasteiger partial charge in [0, 0.05) is 24.2 Å². The lowest BCUT2D eigenvalue weighted by molar-refractivity contribution is -0.0802. The van der Waals surface area contributed by atoms with Crippen LogP contribution >= 0.6 is 0 Å². The van der Waals surface area contributed by atoms with Crippen LogP contribution in [0.2, 0.25) is 0 Å². The number of aromatic nitrogens is 1. The molecule has 0 aliphatic carbocycles. The topological polar surface area (TPSA) is 54.8 Å². The van der Waals surface area contributed by atoms with Crippen LogP contribution in [0.1, 0.15) is 24.5 Å². The highest BCUT2D eigenvalue weighted by Gasteiger charge is 2.43. The highest BCUT2D eigenvalue weighted by atomic mass is 16.5. The predicted molar refractivity (Wildman–Crippen MR) is 106 cm³/mol. The zero-order valence-corrected chi connectivity index (χ0v) is 15.9. The van der Waals surface area contributed by atoms with Gasteiger partial charge < -0.3 is 14.6 Å². The first-order valence-corrected chi connectivity index (χ1v) is 9.77. The molecular weight excluding hydrogens is 340 g/mol. The van der Waals surface area contributed by atoms with Gasteiger partial charge in [0.2, 0.25) is 0 Å². The van der Waals surface area contributed by atoms with Crippen molar-refractivity contribution in [3.05, 3.63) is 48.7 Å². The van der Waals surface area contributed by atoms with Crippen LogP contribution in [-0.4, -0.2) is 54.4 Å². The number of piperidine rings is 3. The number of aliphatic hydroxyl groups excluding tert-OH is 1. The highest BCUT2D eigenvalue weighted by molar-refractivity contribution is 5.84. The molecule has 144 valence electrons. The van der Waals surface area contributed by atoms with Crippen LogP contribution in [0.3, 0.4) is 0 Å². The van der Waals surface area contributed by atoms with Gasteiger partial charge in [-0.15, -0.1) is 6.58 Å². The Bertz CT molecular complexity index is 809. The molecule has 3 aliphatic rings. The van der Waals surface area contributed by atoms with E-state index in [-0.39, 0.29) is 12.7 Å². The third-order valence-electron chi connectivity index (χ3n) is 6.18. The summed E-state index contributed by atoms with van der Waals surface area (Å²) in [6.45, 7) is 6.53. The van der Waals surface area contributed by atoms with Gasteiger partial charge in [-0.25, -0.2) is 0 Å². The Morgan fingerprint density at radius 3 is 3.00 bits per heavy atom. The molecule has 1 unspecified atom stereocenters. The summed E-state index contributed by atoms with van der Waals surface area (Å²) in [5.74, 6) is 2.05. The number of ether oxygens (including phenoxy) is 2. The van der Waals surface area contributed by atoms with Crippen molar-refractivity contribution in [2.45, 2.75) is 25.0 Å². The molecule has 3 fully saturated rings. The van der Waals surface area contributed by atoms with Gasteiger partial charge in [0.1, 0.15) is 5.75 Å². The third kappa shape index (κ3) is 3.47. The maximum atomic E-state index is 9.38. The number of aliphatic hydroxyl groups is 1. The van der Waals surface area contributed by atoms with Gasteiger partial charge in [-0.1, -0.05) is 6.08 Å². The van der Waals surface area contributed by atoms with Gasteiger partial charge in [0.15, 0.2) is 0 Å². The zero-order valence-electron chi connectivity index (χ0n) is 15.9. The van der Waals surface area contributed by atoms with Gasteiger partial charge >= 0.3 is 0 Å². The average molecular weight is 368 g/mol. The Hall–Kier alpha value is -1.95. The Kier molecular flexibility index (Phi) is 5.43. The molecule has 3 aliphatic heterocycles. The summed E-state index contributed by atoms with van der Waals surface area (Å²) in [6.07, 6.45) is 6.19. The number of methoxy groups -OCH3 is 1. The summed E-state index contributed by atoms with van der Waals surface area (Å²) < 4.78 is 11.7. The first kappa shape index (κ1) is 18.4. The Morgan fingerprint density at radius 1 is 1.41 bits per heavy atom. The quantitative estimate of drug-likeness (QED) is 0.761. The van der Waals surface area contributed by atoms with Crippen molar-refractivity contribution < 1.29 is 14.6 Å². The second kappa shape index (κ2) is 7.97. The molecule has 0 saturated carbocycles. The molecule has 5 heteroatoms. The molecule has 0 amide bonds. The minimum atomic E-state index is -0.0941. The van der Waals surface area contributed by atoms with Crippen molar-refractivity contribution in [3.8, 4) is 5.75 Å². The van der Waals surface area contributed by atoms with Crippen LogP contribution in [-0.2, 0) is 4.74 Å². The zero-order chi connectivity index (χ0) is 18.8. The minimum absolute atomic E-state index is 0.0221. The van der Waals surface area contributed by atoms with Crippen LogP contribution in [0.15, 0.2) is 43.1 Å². The van der Waals surface area contributed by atoms with E-state index in [9.17, 15) is 5.11 Å². The number of rotatable bonds is 7. The van der Waals surface area contributed by atoms with E-state index in [1.165, 1.54) is 6.42 Å². The average Bonchev–Trinajstić information content (AvgIpc) is 2.74. The van der Waals surface area contributed by atoms with Crippen molar-refractivity contribution in [1.82, 2.24) is 9.88 Å². The van der Waals surface area contributed by atoms with E-state index in [0.717, 1.165) is 41.7 Å². The molecule has 27 heavy (non-hydrogen) atoms. The van der Waals surface area contributed by atoms with Gasteiger partial charge in [-0.2, -0.15) is 0 Å². The molecular formula is C22H28N2O3. The second-order valence-electron chi connectivity index (χ2n) is 7.54. The van der Waals surface area contributed by atoms with E-state index >= 15 is 0 Å². The van der Waals surface area contributed by atoms with Crippen LogP contribution in [0.5, 0.6) is 5.75 Å². The highest BCUT2D eigenvalue weighted by Crippen LogP contribution is 2.43. The summed E-state index contributed by atoms with van der Waals surface area (Å²) in [5, 5.41) is 10.4. The van der Waals surface area contributed by atoms with Crippen molar-refractivity contribution in [1.29, 1.82) is 0 Å². The van der Waals surface area contributed by atoms with Gasteiger partial charge in [-0.05, 0) is 61.1 Å². The first-order valence-electron chi connectivity index (χ1n) is 9.77. The van der Waals surface area contributed by atoms with Crippen molar-refractivity contribution in [3.63, 3.8) is 0 Å². The summed E-state index contributed by atoms with van der Waals surface area (Å²) in [6, 6.07) is 8.32. The summed E-state index contributed by atoms with van der Waals surface area (Å²) >= 11 is 0. The van der Waals surface area contributed by atoms with E-state index in [0.29, 0.717) is 24.5 Å². The van der Waals surface area contributed by atoms with Crippen LogP contribution in [0, 0.1) is 11.8 Å². The fraction of sp³-hybridized carbons (Fsp3) is 0.500. The first-order chi connectivity index (χ1) is 13.2. The Labute approximate surface area is 160 Å². The molecule has 5 nitrogen and oxygen atoms in total. The largest absolute Gasteiger partial charge is 0.497 e. The van der Waals surface area contributed by atoms with Crippen LogP contribution < -0.4 is 4.74 Å². The van der Waals surface area contributed by atoms with Gasteiger partial charge in [0.25, 0.3) is 0 Å². The fourth-order valence-electron chi connectivity index (χ4n) is 4.80. The van der Waals surface area contributed by atoms with Gasteiger partial charge in [0.05, 0.1) is 31.9 Å². The van der Waals surface area contributed by atoms with Gasteiger partial charge in [-0.3, -0.25) is 9.88 Å². The van der Waals surface area contributed by atoms with E-state index in [2.05, 4.69) is 28.6 Å². The molecule has 4 heterocycles. The standard InChI is InChI=1S/C22H28N2O3/c1-3-15-14-24-9-7-16(15)12-21(24)22(27-11-10-25)18-6-8-23-20-5-4-17(26-2)13-19(18)20/h3-6,8,13,15-16,21-22,25H,1,7,9-12,14H2,2H3/t15-,16-,21-,22+/m0/s1. The molecule has 2 aromatic rings. The maximum absolute atomic E-state index is 9.38. The predicted octanol–water partition coefficient (Wildman–Crippen LogP) is 3.19. The maximum Gasteiger partial charge on any atom is 0.119 e. The number of hydrogen-bond donors (Lipinski definition) is 1. The number of hydrogen-bond acceptors (Lipinski definition) is 5. The molecule has 5 rings (SSSR count). The normalized spacial score (nSPS) is 28.2. The Morgan fingerprint density at radius 2 is 2.30 bits per heavy atom. The molecule has 3 saturated heterocycles. The van der Waals surface area contributed by atoms with Crippen molar-refractivity contribution in [2.75, 3.05) is 33.4 Å². The lowest BCUT2D eigenvalue weighted by atomic mass is 9.73. The molecule has 1 aromatic heterocycles. The third-order valence-corrected chi connectivity index (χ3v) is 6.18. The molecule has 1 aromatic carbocycles. The smallest absolute Gasteiger partial charge is 0.119 e. The molecule has 0 radical (unpaired) electrons. The minimum Gasteiger partial charge on any atom is -0.497 e. The van der Waals surface area contributed by atoms with E-state index in [4.69, 9.17) is 9.47 Å². The molecule has 0 spiro atoms. The summed E-state index contributed by atoms with van der Waals surface area (Å²) in [7, 11) is 1.68.